The summed E-state index contributed by atoms with van der Waals surface area (Å²) in [5.74, 6) is -1.16. The summed E-state index contributed by atoms with van der Waals surface area (Å²) in [7, 11) is -3.86. The lowest BCUT2D eigenvalue weighted by atomic mass is 10.2. The van der Waals surface area contributed by atoms with E-state index in [1.54, 1.807) is 0 Å². The minimum atomic E-state index is -3.86. The van der Waals surface area contributed by atoms with Crippen molar-refractivity contribution in [3.63, 3.8) is 0 Å². The van der Waals surface area contributed by atoms with Gasteiger partial charge in [0.2, 0.25) is 10.0 Å². The van der Waals surface area contributed by atoms with Gasteiger partial charge in [-0.3, -0.25) is 4.79 Å². The van der Waals surface area contributed by atoms with E-state index in [1.807, 2.05) is 0 Å². The lowest BCUT2D eigenvalue weighted by molar-refractivity contribution is -0.162. The molecule has 126 valence electrons. The maximum atomic E-state index is 12.0. The van der Waals surface area contributed by atoms with Crippen LogP contribution in [0.5, 0.6) is 0 Å². The molecule has 0 saturated carbocycles. The SMILES string of the molecule is C[C@@H](OC(=O)[C@@H]1CCCO1)C(=O)Nc1cccc(S(N)(=O)=O)c1. The molecule has 0 aromatic heterocycles. The molecule has 3 N–H and O–H groups in total. The molecule has 1 amide bonds. The highest BCUT2D eigenvalue weighted by Crippen LogP contribution is 2.16. The predicted octanol–water partition coefficient (Wildman–Crippen LogP) is 0.383. The molecular formula is C14H18N2O6S. The Morgan fingerprint density at radius 2 is 2.17 bits per heavy atom. The number of rotatable bonds is 5. The van der Waals surface area contributed by atoms with Crippen LogP contribution in [0, 0.1) is 0 Å². The first kappa shape index (κ1) is 17.4. The van der Waals surface area contributed by atoms with Crippen molar-refractivity contribution >= 4 is 27.6 Å². The average Bonchev–Trinajstić information content (AvgIpc) is 3.00. The largest absolute Gasteiger partial charge is 0.451 e. The molecule has 1 aliphatic rings. The molecule has 9 heteroatoms. The molecule has 0 bridgehead atoms. The van der Waals surface area contributed by atoms with Gasteiger partial charge >= 0.3 is 5.97 Å². The number of sulfonamides is 1. The van der Waals surface area contributed by atoms with Gasteiger partial charge in [-0.15, -0.1) is 0 Å². The molecule has 1 fully saturated rings. The first-order valence-corrected chi connectivity index (χ1v) is 8.58. The summed E-state index contributed by atoms with van der Waals surface area (Å²) in [6.45, 7) is 1.92. The fourth-order valence-electron chi connectivity index (χ4n) is 2.06. The van der Waals surface area contributed by atoms with Crippen molar-refractivity contribution in [3.05, 3.63) is 24.3 Å². The lowest BCUT2D eigenvalue weighted by Gasteiger charge is -2.16. The molecule has 1 aromatic carbocycles. The van der Waals surface area contributed by atoms with Gasteiger partial charge in [0.05, 0.1) is 4.90 Å². The summed E-state index contributed by atoms with van der Waals surface area (Å²) in [6.07, 6.45) is -0.314. The highest BCUT2D eigenvalue weighted by atomic mass is 32.2. The van der Waals surface area contributed by atoms with Gasteiger partial charge in [0, 0.05) is 12.3 Å². The zero-order valence-corrected chi connectivity index (χ0v) is 13.3. The minimum Gasteiger partial charge on any atom is -0.451 e. The second kappa shape index (κ2) is 7.07. The summed E-state index contributed by atoms with van der Waals surface area (Å²) in [4.78, 5) is 23.7. The third-order valence-electron chi connectivity index (χ3n) is 3.28. The molecular weight excluding hydrogens is 324 g/mol. The van der Waals surface area contributed by atoms with E-state index in [-0.39, 0.29) is 10.6 Å². The average molecular weight is 342 g/mol. The third-order valence-corrected chi connectivity index (χ3v) is 4.20. The maximum Gasteiger partial charge on any atom is 0.336 e. The van der Waals surface area contributed by atoms with Crippen LogP contribution in [0.3, 0.4) is 0 Å². The summed E-state index contributed by atoms with van der Waals surface area (Å²) in [6, 6.07) is 5.48. The van der Waals surface area contributed by atoms with E-state index in [1.165, 1.54) is 31.2 Å². The van der Waals surface area contributed by atoms with Crippen molar-refractivity contribution < 1.29 is 27.5 Å². The number of ether oxygens (including phenoxy) is 2. The van der Waals surface area contributed by atoms with E-state index >= 15 is 0 Å². The second-order valence-corrected chi connectivity index (χ2v) is 6.70. The maximum absolute atomic E-state index is 12.0. The molecule has 0 radical (unpaired) electrons. The van der Waals surface area contributed by atoms with Crippen LogP contribution in [0.15, 0.2) is 29.2 Å². The van der Waals surface area contributed by atoms with Crippen LogP contribution in [0.25, 0.3) is 0 Å². The predicted molar refractivity (Wildman–Crippen MR) is 81.0 cm³/mol. The molecule has 0 spiro atoms. The number of amides is 1. The van der Waals surface area contributed by atoms with E-state index in [0.29, 0.717) is 13.0 Å². The quantitative estimate of drug-likeness (QED) is 0.746. The van der Waals surface area contributed by atoms with Gasteiger partial charge in [-0.25, -0.2) is 18.4 Å². The Hall–Kier alpha value is -1.97. The Bertz CT molecular complexity index is 697. The molecule has 0 unspecified atom stereocenters. The summed E-state index contributed by atoms with van der Waals surface area (Å²) < 4.78 is 32.8. The number of primary sulfonamides is 1. The molecule has 23 heavy (non-hydrogen) atoms. The van der Waals surface area contributed by atoms with Gasteiger partial charge in [-0.05, 0) is 38.0 Å². The van der Waals surface area contributed by atoms with Crippen LogP contribution in [-0.2, 0) is 29.1 Å². The monoisotopic (exact) mass is 342 g/mol. The lowest BCUT2D eigenvalue weighted by Crippen LogP contribution is -2.34. The highest BCUT2D eigenvalue weighted by Gasteiger charge is 2.28. The minimum absolute atomic E-state index is 0.126. The van der Waals surface area contributed by atoms with Crippen LogP contribution in [0.2, 0.25) is 0 Å². The van der Waals surface area contributed by atoms with Crippen molar-refractivity contribution in [2.45, 2.75) is 36.9 Å². The van der Waals surface area contributed by atoms with Crippen molar-refractivity contribution in [2.24, 2.45) is 5.14 Å². The van der Waals surface area contributed by atoms with Crippen LogP contribution in [0.4, 0.5) is 5.69 Å². The van der Waals surface area contributed by atoms with Crippen molar-refractivity contribution in [2.75, 3.05) is 11.9 Å². The summed E-state index contributed by atoms with van der Waals surface area (Å²) in [5.41, 5.74) is 0.238. The van der Waals surface area contributed by atoms with Gasteiger partial charge in [-0.2, -0.15) is 0 Å². The molecule has 2 atom stereocenters. The summed E-state index contributed by atoms with van der Waals surface area (Å²) in [5, 5.41) is 7.50. The Labute approximate surface area is 134 Å². The highest BCUT2D eigenvalue weighted by molar-refractivity contribution is 7.89. The van der Waals surface area contributed by atoms with Crippen LogP contribution in [-0.4, -0.2) is 39.1 Å². The molecule has 1 heterocycles. The van der Waals surface area contributed by atoms with Crippen LogP contribution >= 0.6 is 0 Å². The van der Waals surface area contributed by atoms with E-state index < -0.39 is 34.1 Å². The van der Waals surface area contributed by atoms with Crippen LogP contribution in [0.1, 0.15) is 19.8 Å². The topological polar surface area (TPSA) is 125 Å². The van der Waals surface area contributed by atoms with Crippen LogP contribution < -0.4 is 10.5 Å². The molecule has 8 nitrogen and oxygen atoms in total. The molecule has 2 rings (SSSR count). The van der Waals surface area contributed by atoms with E-state index in [9.17, 15) is 18.0 Å². The smallest absolute Gasteiger partial charge is 0.336 e. The number of carbonyl (C=O) groups is 2. The number of anilines is 1. The molecule has 1 aliphatic heterocycles. The van der Waals surface area contributed by atoms with Crippen molar-refractivity contribution in [3.8, 4) is 0 Å². The fraction of sp³-hybridized carbons (Fsp3) is 0.429. The number of carbonyl (C=O) groups excluding carboxylic acids is 2. The second-order valence-electron chi connectivity index (χ2n) is 5.14. The number of esters is 1. The normalized spacial score (nSPS) is 19.1. The van der Waals surface area contributed by atoms with Gasteiger partial charge in [0.1, 0.15) is 0 Å². The first-order valence-electron chi connectivity index (χ1n) is 7.03. The fourth-order valence-corrected chi connectivity index (χ4v) is 2.62. The Kier molecular flexibility index (Phi) is 5.34. The van der Waals surface area contributed by atoms with Gasteiger partial charge < -0.3 is 14.8 Å². The third kappa shape index (κ3) is 4.75. The van der Waals surface area contributed by atoms with E-state index in [0.717, 1.165) is 6.42 Å². The number of nitrogens with one attached hydrogen (secondary N) is 1. The number of hydrogen-bond donors (Lipinski definition) is 2. The Morgan fingerprint density at radius 3 is 2.78 bits per heavy atom. The standard InChI is InChI=1S/C14H18N2O6S/c1-9(22-14(18)12-6-3-7-21-12)13(17)16-10-4-2-5-11(8-10)23(15,19)20/h2,4-5,8-9,12H,3,6-7H2,1H3,(H,16,17)(H2,15,19,20)/t9-,12+/m1/s1. The zero-order valence-electron chi connectivity index (χ0n) is 12.5. The van der Waals surface area contributed by atoms with Gasteiger partial charge in [0.25, 0.3) is 5.91 Å². The summed E-state index contributed by atoms with van der Waals surface area (Å²) >= 11 is 0. The van der Waals surface area contributed by atoms with Gasteiger partial charge in [0.15, 0.2) is 12.2 Å². The van der Waals surface area contributed by atoms with Crippen molar-refractivity contribution in [1.29, 1.82) is 0 Å². The Morgan fingerprint density at radius 1 is 1.43 bits per heavy atom. The molecule has 1 aromatic rings. The number of nitrogens with two attached hydrogens (primary N) is 1. The molecule has 0 aliphatic carbocycles. The van der Waals surface area contributed by atoms with Gasteiger partial charge in [-0.1, -0.05) is 6.07 Å². The number of benzene rings is 1. The number of hydrogen-bond acceptors (Lipinski definition) is 6. The van der Waals surface area contributed by atoms with E-state index in [4.69, 9.17) is 14.6 Å². The first-order chi connectivity index (χ1) is 10.8. The zero-order chi connectivity index (χ0) is 17.0. The molecule has 1 saturated heterocycles. The van der Waals surface area contributed by atoms with Crippen molar-refractivity contribution in [1.82, 2.24) is 0 Å². The Balaban J connectivity index is 1.97. The van der Waals surface area contributed by atoms with E-state index in [2.05, 4.69) is 5.32 Å².